The minimum atomic E-state index is -0.742. The molecule has 2 aromatic carbocycles. The fourth-order valence-electron chi connectivity index (χ4n) is 1.93. The van der Waals surface area contributed by atoms with Gasteiger partial charge >= 0.3 is 5.97 Å². The molecule has 0 aliphatic carbocycles. The second kappa shape index (κ2) is 7.94. The third-order valence-electron chi connectivity index (χ3n) is 2.96. The number of hydrogen-bond donors (Lipinski definition) is 2. The minimum Gasteiger partial charge on any atom is -0.481 e. The quantitative estimate of drug-likeness (QED) is 0.715. The summed E-state index contributed by atoms with van der Waals surface area (Å²) < 4.78 is 5.76. The normalized spacial score (nSPS) is 10.1. The number of para-hydroxylation sites is 1. The van der Waals surface area contributed by atoms with Crippen LogP contribution in [0.25, 0.3) is 0 Å². The van der Waals surface area contributed by atoms with Gasteiger partial charge in [-0.2, -0.15) is 0 Å². The van der Waals surface area contributed by atoms with Crippen LogP contribution in [0.5, 0.6) is 11.5 Å². The van der Waals surface area contributed by atoms with E-state index in [2.05, 4.69) is 5.32 Å². The number of unbranched alkanes of at least 4 members (excludes halogenated alkanes) is 1. The van der Waals surface area contributed by atoms with E-state index < -0.39 is 5.97 Å². The van der Waals surface area contributed by atoms with Gasteiger partial charge in [-0.15, -0.1) is 0 Å². The lowest BCUT2D eigenvalue weighted by molar-refractivity contribution is -0.137. The molecule has 0 spiro atoms. The van der Waals surface area contributed by atoms with Crippen LogP contribution < -0.4 is 10.1 Å². The molecule has 2 aromatic rings. The van der Waals surface area contributed by atoms with Gasteiger partial charge in [0.25, 0.3) is 0 Å². The topological polar surface area (TPSA) is 58.6 Å². The van der Waals surface area contributed by atoms with Gasteiger partial charge in [-0.25, -0.2) is 0 Å². The van der Waals surface area contributed by atoms with E-state index in [4.69, 9.17) is 9.84 Å². The largest absolute Gasteiger partial charge is 0.481 e. The molecule has 0 aliphatic rings. The summed E-state index contributed by atoms with van der Waals surface area (Å²) in [5, 5.41) is 11.8. The van der Waals surface area contributed by atoms with E-state index in [9.17, 15) is 4.79 Å². The number of hydrogen-bond acceptors (Lipinski definition) is 3. The van der Waals surface area contributed by atoms with Gasteiger partial charge in [0.2, 0.25) is 0 Å². The molecule has 4 nitrogen and oxygen atoms in total. The number of aliphatic carboxylic acids is 1. The average molecular weight is 285 g/mol. The molecule has 0 fully saturated rings. The molecule has 110 valence electrons. The van der Waals surface area contributed by atoms with Crippen LogP contribution >= 0.6 is 0 Å². The molecule has 0 aliphatic heterocycles. The van der Waals surface area contributed by atoms with Gasteiger partial charge in [-0.3, -0.25) is 4.79 Å². The van der Waals surface area contributed by atoms with Crippen LogP contribution in [0, 0.1) is 0 Å². The maximum atomic E-state index is 10.4. The Kier molecular flexibility index (Phi) is 5.64. The maximum absolute atomic E-state index is 10.4. The molecule has 2 rings (SSSR count). The van der Waals surface area contributed by atoms with Crippen molar-refractivity contribution >= 4 is 11.7 Å². The first-order chi connectivity index (χ1) is 10.2. The highest BCUT2D eigenvalue weighted by molar-refractivity contribution is 5.66. The lowest BCUT2D eigenvalue weighted by Gasteiger charge is -2.09. The summed E-state index contributed by atoms with van der Waals surface area (Å²) in [6.45, 7) is 0.752. The van der Waals surface area contributed by atoms with Crippen LogP contribution in [-0.4, -0.2) is 17.6 Å². The second-order valence-corrected chi connectivity index (χ2v) is 4.72. The van der Waals surface area contributed by atoms with Crippen molar-refractivity contribution in [3.8, 4) is 11.5 Å². The molecule has 4 heteroatoms. The molecule has 21 heavy (non-hydrogen) atoms. The van der Waals surface area contributed by atoms with Crippen molar-refractivity contribution in [2.24, 2.45) is 0 Å². The first kappa shape index (κ1) is 14.9. The number of ether oxygens (including phenoxy) is 1. The molecule has 0 heterocycles. The third-order valence-corrected chi connectivity index (χ3v) is 2.96. The van der Waals surface area contributed by atoms with Crippen molar-refractivity contribution in [1.82, 2.24) is 0 Å². The predicted octanol–water partition coefficient (Wildman–Crippen LogP) is 4.15. The van der Waals surface area contributed by atoms with Gasteiger partial charge in [0, 0.05) is 24.7 Å². The Morgan fingerprint density at radius 1 is 1.00 bits per heavy atom. The standard InChI is InChI=1S/C17H19NO3/c19-17(20)11-4-5-12-18-14-7-6-10-16(13-14)21-15-8-2-1-3-9-15/h1-3,6-10,13,18H,4-5,11-12H2,(H,19,20). The van der Waals surface area contributed by atoms with Crippen LogP contribution in [0.3, 0.4) is 0 Å². The Hall–Kier alpha value is -2.49. The first-order valence-electron chi connectivity index (χ1n) is 7.03. The van der Waals surface area contributed by atoms with E-state index in [0.717, 1.165) is 30.2 Å². The Bertz CT molecular complexity index is 569. The maximum Gasteiger partial charge on any atom is 0.303 e. The Balaban J connectivity index is 1.82. The molecule has 0 saturated carbocycles. The monoisotopic (exact) mass is 285 g/mol. The highest BCUT2D eigenvalue weighted by atomic mass is 16.5. The molecule has 0 aromatic heterocycles. The smallest absolute Gasteiger partial charge is 0.303 e. The highest BCUT2D eigenvalue weighted by Crippen LogP contribution is 2.23. The molecule has 0 unspecified atom stereocenters. The zero-order valence-corrected chi connectivity index (χ0v) is 11.8. The fraction of sp³-hybridized carbons (Fsp3) is 0.235. The molecule has 0 saturated heterocycles. The van der Waals surface area contributed by atoms with E-state index in [1.807, 2.05) is 54.6 Å². The van der Waals surface area contributed by atoms with Gasteiger partial charge in [-0.05, 0) is 37.1 Å². The Morgan fingerprint density at radius 2 is 1.76 bits per heavy atom. The van der Waals surface area contributed by atoms with Gasteiger partial charge in [-0.1, -0.05) is 24.3 Å². The van der Waals surface area contributed by atoms with Crippen molar-refractivity contribution in [3.63, 3.8) is 0 Å². The van der Waals surface area contributed by atoms with E-state index in [-0.39, 0.29) is 6.42 Å². The van der Waals surface area contributed by atoms with Crippen molar-refractivity contribution in [3.05, 3.63) is 54.6 Å². The Morgan fingerprint density at radius 3 is 2.52 bits per heavy atom. The third kappa shape index (κ3) is 5.57. The summed E-state index contributed by atoms with van der Waals surface area (Å²) in [4.78, 5) is 10.4. The number of rotatable bonds is 8. The first-order valence-corrected chi connectivity index (χ1v) is 7.03. The van der Waals surface area contributed by atoms with Gasteiger partial charge in [0.1, 0.15) is 11.5 Å². The van der Waals surface area contributed by atoms with Crippen LogP contribution in [0.1, 0.15) is 19.3 Å². The number of carbonyl (C=O) groups is 1. The lowest BCUT2D eigenvalue weighted by Crippen LogP contribution is -2.03. The molecule has 0 bridgehead atoms. The fourth-order valence-corrected chi connectivity index (χ4v) is 1.93. The van der Waals surface area contributed by atoms with E-state index >= 15 is 0 Å². The van der Waals surface area contributed by atoms with Crippen LogP contribution in [-0.2, 0) is 4.79 Å². The number of carboxylic acid groups (broad SMARTS) is 1. The number of carboxylic acids is 1. The molecule has 0 amide bonds. The summed E-state index contributed by atoms with van der Waals surface area (Å²) >= 11 is 0. The van der Waals surface area contributed by atoms with E-state index in [1.165, 1.54) is 0 Å². The number of anilines is 1. The minimum absolute atomic E-state index is 0.221. The number of benzene rings is 2. The van der Waals surface area contributed by atoms with Gasteiger partial charge in [0.15, 0.2) is 0 Å². The van der Waals surface area contributed by atoms with Gasteiger partial charge < -0.3 is 15.2 Å². The molecular weight excluding hydrogens is 266 g/mol. The van der Waals surface area contributed by atoms with Crippen LogP contribution in [0.4, 0.5) is 5.69 Å². The summed E-state index contributed by atoms with van der Waals surface area (Å²) in [6.07, 6.45) is 1.73. The van der Waals surface area contributed by atoms with Crippen LogP contribution in [0.2, 0.25) is 0 Å². The zero-order valence-electron chi connectivity index (χ0n) is 11.8. The zero-order chi connectivity index (χ0) is 14.9. The molecular formula is C17H19NO3. The van der Waals surface area contributed by atoms with Crippen molar-refractivity contribution < 1.29 is 14.6 Å². The second-order valence-electron chi connectivity index (χ2n) is 4.72. The number of nitrogens with one attached hydrogen (secondary N) is 1. The average Bonchev–Trinajstić information content (AvgIpc) is 2.48. The van der Waals surface area contributed by atoms with Crippen molar-refractivity contribution in [1.29, 1.82) is 0 Å². The Labute approximate surface area is 124 Å². The molecule has 2 N–H and O–H groups in total. The van der Waals surface area contributed by atoms with Crippen molar-refractivity contribution in [2.45, 2.75) is 19.3 Å². The van der Waals surface area contributed by atoms with E-state index in [0.29, 0.717) is 6.42 Å². The summed E-state index contributed by atoms with van der Waals surface area (Å²) in [5.41, 5.74) is 0.971. The molecule has 0 atom stereocenters. The SMILES string of the molecule is O=C(O)CCCCNc1cccc(Oc2ccccc2)c1. The van der Waals surface area contributed by atoms with Crippen LogP contribution in [0.15, 0.2) is 54.6 Å². The van der Waals surface area contributed by atoms with E-state index in [1.54, 1.807) is 0 Å². The highest BCUT2D eigenvalue weighted by Gasteiger charge is 1.99. The summed E-state index contributed by atoms with van der Waals surface area (Å²) in [6, 6.07) is 17.4. The summed E-state index contributed by atoms with van der Waals surface area (Å²) in [7, 11) is 0. The van der Waals surface area contributed by atoms with Crippen molar-refractivity contribution in [2.75, 3.05) is 11.9 Å². The summed E-state index contributed by atoms with van der Waals surface area (Å²) in [5.74, 6) is 0.834. The molecule has 0 radical (unpaired) electrons. The lowest BCUT2D eigenvalue weighted by atomic mass is 10.2. The van der Waals surface area contributed by atoms with Gasteiger partial charge in [0.05, 0.1) is 0 Å². The predicted molar refractivity (Wildman–Crippen MR) is 82.9 cm³/mol.